The van der Waals surface area contributed by atoms with E-state index in [1.54, 1.807) is 21.3 Å². The van der Waals surface area contributed by atoms with E-state index < -0.39 is 5.60 Å². The number of rotatable bonds is 5. The fourth-order valence-electron chi connectivity index (χ4n) is 6.76. The zero-order valence-electron chi connectivity index (χ0n) is 23.9. The van der Waals surface area contributed by atoms with Gasteiger partial charge in [0.25, 0.3) is 0 Å². The molecule has 0 spiro atoms. The molecule has 5 aromatic carbocycles. The standard InChI is InChI=1S/C37H32O4/c1-36(2)30-22-32(40-5)31(39-4)21-29(30)33-26-13-9-10-14-27(26)35-28(34(33)36)19-20-37(41-35,23-11-7-6-8-12-23)24-15-17-25(38-3)18-16-24/h6-22H,1-5H3. The molecule has 4 nitrogen and oxygen atoms in total. The summed E-state index contributed by atoms with van der Waals surface area (Å²) in [5, 5.41) is 2.24. The Balaban J connectivity index is 1.53. The molecule has 0 fully saturated rings. The van der Waals surface area contributed by atoms with Gasteiger partial charge in [0.2, 0.25) is 0 Å². The zero-order valence-corrected chi connectivity index (χ0v) is 23.9. The number of hydrogen-bond acceptors (Lipinski definition) is 4. The third kappa shape index (κ3) is 3.53. The van der Waals surface area contributed by atoms with E-state index >= 15 is 0 Å². The molecule has 1 heterocycles. The van der Waals surface area contributed by atoms with Gasteiger partial charge < -0.3 is 18.9 Å². The van der Waals surface area contributed by atoms with E-state index in [0.29, 0.717) is 0 Å². The Morgan fingerprint density at radius 3 is 1.98 bits per heavy atom. The smallest absolute Gasteiger partial charge is 0.178 e. The van der Waals surface area contributed by atoms with Gasteiger partial charge >= 0.3 is 0 Å². The molecule has 0 amide bonds. The predicted molar refractivity (Wildman–Crippen MR) is 164 cm³/mol. The highest BCUT2D eigenvalue weighted by molar-refractivity contribution is 6.08. The molecule has 0 saturated carbocycles. The lowest BCUT2D eigenvalue weighted by Gasteiger charge is -2.38. The third-order valence-corrected chi connectivity index (χ3v) is 8.77. The van der Waals surface area contributed by atoms with Gasteiger partial charge in [-0.2, -0.15) is 0 Å². The van der Waals surface area contributed by atoms with Gasteiger partial charge in [-0.15, -0.1) is 0 Å². The lowest BCUT2D eigenvalue weighted by Crippen LogP contribution is -2.35. The normalized spacial score (nSPS) is 17.8. The second-order valence-electron chi connectivity index (χ2n) is 11.2. The minimum absolute atomic E-state index is 0.293. The van der Waals surface area contributed by atoms with Crippen LogP contribution in [0.1, 0.15) is 41.7 Å². The summed E-state index contributed by atoms with van der Waals surface area (Å²) in [6, 6.07) is 31.4. The lowest BCUT2D eigenvalue weighted by molar-refractivity contribution is 0.163. The predicted octanol–water partition coefficient (Wildman–Crippen LogP) is 8.52. The molecule has 204 valence electrons. The van der Waals surface area contributed by atoms with Crippen molar-refractivity contribution in [2.24, 2.45) is 0 Å². The van der Waals surface area contributed by atoms with Gasteiger partial charge in [0.15, 0.2) is 17.1 Å². The fraction of sp³-hybridized carbons (Fsp3) is 0.189. The molecule has 0 saturated heterocycles. The van der Waals surface area contributed by atoms with E-state index in [1.165, 1.54) is 22.3 Å². The second kappa shape index (κ2) is 9.17. The van der Waals surface area contributed by atoms with Crippen molar-refractivity contribution in [3.05, 3.63) is 125 Å². The summed E-state index contributed by atoms with van der Waals surface area (Å²) >= 11 is 0. The molecule has 1 unspecified atom stereocenters. The van der Waals surface area contributed by atoms with Crippen molar-refractivity contribution >= 4 is 16.8 Å². The van der Waals surface area contributed by atoms with Gasteiger partial charge in [-0.25, -0.2) is 0 Å². The fourth-order valence-corrected chi connectivity index (χ4v) is 6.76. The van der Waals surface area contributed by atoms with Gasteiger partial charge in [0.1, 0.15) is 11.5 Å². The second-order valence-corrected chi connectivity index (χ2v) is 11.2. The topological polar surface area (TPSA) is 36.9 Å². The highest BCUT2D eigenvalue weighted by atomic mass is 16.5. The quantitative estimate of drug-likeness (QED) is 0.224. The van der Waals surface area contributed by atoms with Gasteiger partial charge in [-0.3, -0.25) is 0 Å². The summed E-state index contributed by atoms with van der Waals surface area (Å²) in [4.78, 5) is 0. The van der Waals surface area contributed by atoms with E-state index in [0.717, 1.165) is 50.5 Å². The Hall–Kier alpha value is -4.70. The maximum absolute atomic E-state index is 7.31. The summed E-state index contributed by atoms with van der Waals surface area (Å²) in [7, 11) is 5.07. The van der Waals surface area contributed by atoms with Crippen LogP contribution in [0, 0.1) is 0 Å². The molecule has 1 aliphatic carbocycles. The largest absolute Gasteiger partial charge is 0.497 e. The van der Waals surface area contributed by atoms with Gasteiger partial charge in [0.05, 0.1) is 21.3 Å². The molecule has 0 N–H and O–H groups in total. The molecule has 5 aromatic rings. The molecule has 1 aliphatic heterocycles. The van der Waals surface area contributed by atoms with Crippen molar-refractivity contribution in [2.45, 2.75) is 24.9 Å². The third-order valence-electron chi connectivity index (χ3n) is 8.77. The maximum atomic E-state index is 7.31. The van der Waals surface area contributed by atoms with E-state index in [2.05, 4.69) is 98.8 Å². The molecule has 0 bridgehead atoms. The van der Waals surface area contributed by atoms with Crippen LogP contribution in [0.2, 0.25) is 0 Å². The van der Waals surface area contributed by atoms with Crippen LogP contribution in [-0.2, 0) is 11.0 Å². The summed E-state index contributed by atoms with van der Waals surface area (Å²) in [6.07, 6.45) is 4.48. The first kappa shape index (κ1) is 25.3. The number of fused-ring (bicyclic) bond motifs is 8. The minimum atomic E-state index is -0.806. The average molecular weight is 541 g/mol. The van der Waals surface area contributed by atoms with E-state index in [4.69, 9.17) is 18.9 Å². The summed E-state index contributed by atoms with van der Waals surface area (Å²) in [6.45, 7) is 4.57. The highest BCUT2D eigenvalue weighted by Gasteiger charge is 2.44. The van der Waals surface area contributed by atoms with Gasteiger partial charge in [0, 0.05) is 27.5 Å². The summed E-state index contributed by atoms with van der Waals surface area (Å²) in [5.41, 5.74) is 6.98. The van der Waals surface area contributed by atoms with Crippen molar-refractivity contribution < 1.29 is 18.9 Å². The van der Waals surface area contributed by atoms with Gasteiger partial charge in [-0.05, 0) is 58.0 Å². The number of hydrogen-bond donors (Lipinski definition) is 0. The first-order chi connectivity index (χ1) is 19.9. The van der Waals surface area contributed by atoms with Crippen molar-refractivity contribution in [1.82, 2.24) is 0 Å². The highest BCUT2D eigenvalue weighted by Crippen LogP contribution is 2.59. The van der Waals surface area contributed by atoms with Crippen LogP contribution in [0.5, 0.6) is 23.0 Å². The molecule has 1 atom stereocenters. The molecule has 2 aliphatic rings. The Labute approximate surface area is 240 Å². The monoisotopic (exact) mass is 540 g/mol. The SMILES string of the molecule is COc1ccc(C2(c3ccccc3)C=Cc3c4c(c5ccccc5c3O2)-c2cc(OC)c(OC)cc2C4(C)C)cc1. The van der Waals surface area contributed by atoms with Gasteiger partial charge in [-0.1, -0.05) is 86.7 Å². The van der Waals surface area contributed by atoms with Crippen molar-refractivity contribution in [3.8, 4) is 34.1 Å². The molecule has 0 radical (unpaired) electrons. The summed E-state index contributed by atoms with van der Waals surface area (Å²) < 4.78 is 24.2. The van der Waals surface area contributed by atoms with Crippen LogP contribution in [-0.4, -0.2) is 21.3 Å². The van der Waals surface area contributed by atoms with E-state index in [-0.39, 0.29) is 5.41 Å². The van der Waals surface area contributed by atoms with Crippen LogP contribution in [0.15, 0.2) is 97.1 Å². The first-order valence-corrected chi connectivity index (χ1v) is 13.9. The molecule has 7 rings (SSSR count). The maximum Gasteiger partial charge on any atom is 0.178 e. The zero-order chi connectivity index (χ0) is 28.4. The number of benzene rings is 5. The Morgan fingerprint density at radius 2 is 1.29 bits per heavy atom. The minimum Gasteiger partial charge on any atom is -0.497 e. The molecule has 0 aromatic heterocycles. The van der Waals surface area contributed by atoms with Crippen LogP contribution < -0.4 is 18.9 Å². The Bertz CT molecular complexity index is 1830. The number of methoxy groups -OCH3 is 3. The number of ether oxygens (including phenoxy) is 4. The Morgan fingerprint density at radius 1 is 0.659 bits per heavy atom. The van der Waals surface area contributed by atoms with E-state index in [1.807, 2.05) is 18.2 Å². The van der Waals surface area contributed by atoms with E-state index in [9.17, 15) is 0 Å². The van der Waals surface area contributed by atoms with Crippen molar-refractivity contribution in [2.75, 3.05) is 21.3 Å². The molecular formula is C37H32O4. The van der Waals surface area contributed by atoms with Crippen molar-refractivity contribution in [1.29, 1.82) is 0 Å². The van der Waals surface area contributed by atoms with Crippen LogP contribution >= 0.6 is 0 Å². The van der Waals surface area contributed by atoms with Crippen molar-refractivity contribution in [3.63, 3.8) is 0 Å². The molecule has 4 heteroatoms. The van der Waals surface area contributed by atoms with Crippen LogP contribution in [0.3, 0.4) is 0 Å². The summed E-state index contributed by atoms with van der Waals surface area (Å²) in [5.74, 6) is 3.16. The average Bonchev–Trinajstić information content (AvgIpc) is 3.26. The molecule has 41 heavy (non-hydrogen) atoms. The van der Waals surface area contributed by atoms with Crippen LogP contribution in [0.4, 0.5) is 0 Å². The Kier molecular flexibility index (Phi) is 5.65. The first-order valence-electron chi connectivity index (χ1n) is 13.9. The van der Waals surface area contributed by atoms with Crippen LogP contribution in [0.25, 0.3) is 28.0 Å². The molecular weight excluding hydrogens is 508 g/mol. The lowest BCUT2D eigenvalue weighted by atomic mass is 9.77.